The van der Waals surface area contributed by atoms with E-state index in [1.54, 1.807) is 0 Å². The van der Waals surface area contributed by atoms with Crippen LogP contribution in [0, 0.1) is 0 Å². The Balaban J connectivity index is 2.33. The molecule has 2 N–H and O–H groups in total. The highest BCUT2D eigenvalue weighted by atomic mass is 35.5. The van der Waals surface area contributed by atoms with Crippen LogP contribution in [-0.4, -0.2) is 18.1 Å². The Hall–Kier alpha value is 0.200. The van der Waals surface area contributed by atoms with Crippen molar-refractivity contribution in [1.29, 1.82) is 0 Å². The van der Waals surface area contributed by atoms with E-state index in [1.165, 1.54) is 11.3 Å². The van der Waals surface area contributed by atoms with Crippen LogP contribution in [0.2, 0.25) is 8.67 Å². The van der Waals surface area contributed by atoms with Crippen molar-refractivity contribution in [3.05, 3.63) is 20.3 Å². The van der Waals surface area contributed by atoms with Gasteiger partial charge in [0.15, 0.2) is 0 Å². The average molecular weight is 295 g/mol. The zero-order valence-corrected chi connectivity index (χ0v) is 13.1. The molecule has 1 unspecified atom stereocenters. The summed E-state index contributed by atoms with van der Waals surface area (Å²) in [5.74, 6) is 0. The van der Waals surface area contributed by atoms with E-state index in [9.17, 15) is 0 Å². The molecule has 0 saturated carbocycles. The van der Waals surface area contributed by atoms with Gasteiger partial charge in [0.25, 0.3) is 0 Å². The Morgan fingerprint density at radius 3 is 2.47 bits per heavy atom. The summed E-state index contributed by atoms with van der Waals surface area (Å²) < 4.78 is 1.52. The highest BCUT2D eigenvalue weighted by molar-refractivity contribution is 7.20. The Morgan fingerprint density at radius 1 is 1.35 bits per heavy atom. The molecule has 0 bridgehead atoms. The molecule has 0 aliphatic rings. The van der Waals surface area contributed by atoms with Crippen LogP contribution < -0.4 is 10.6 Å². The van der Waals surface area contributed by atoms with Gasteiger partial charge in [0.2, 0.25) is 0 Å². The minimum Gasteiger partial charge on any atom is -0.311 e. The first-order chi connectivity index (χ1) is 7.78. The fraction of sp³-hybridized carbons (Fsp3) is 0.667. The van der Waals surface area contributed by atoms with Gasteiger partial charge in [-0.25, -0.2) is 0 Å². The second kappa shape index (κ2) is 6.39. The van der Waals surface area contributed by atoms with Gasteiger partial charge in [-0.2, -0.15) is 0 Å². The predicted molar refractivity (Wildman–Crippen MR) is 78.4 cm³/mol. The van der Waals surface area contributed by atoms with Crippen LogP contribution in [0.5, 0.6) is 0 Å². The summed E-state index contributed by atoms with van der Waals surface area (Å²) in [5, 5.41) is 6.89. The molecule has 0 aromatic carbocycles. The molecule has 1 rings (SSSR count). The molecule has 1 heterocycles. The third-order valence-corrected chi connectivity index (χ3v) is 3.88. The average Bonchev–Trinajstić information content (AvgIpc) is 2.50. The molecule has 0 aliphatic carbocycles. The van der Waals surface area contributed by atoms with Gasteiger partial charge in [0.1, 0.15) is 0 Å². The number of thiophene rings is 1. The van der Waals surface area contributed by atoms with Crippen molar-refractivity contribution >= 4 is 34.5 Å². The first kappa shape index (κ1) is 15.3. The van der Waals surface area contributed by atoms with Gasteiger partial charge in [0.05, 0.1) is 8.67 Å². The quantitative estimate of drug-likeness (QED) is 0.860. The van der Waals surface area contributed by atoms with Crippen LogP contribution in [0.1, 0.15) is 33.3 Å². The minimum absolute atomic E-state index is 0.152. The Morgan fingerprint density at radius 2 is 2.00 bits per heavy atom. The lowest BCUT2D eigenvalue weighted by Crippen LogP contribution is -2.44. The lowest BCUT2D eigenvalue weighted by Gasteiger charge is -2.24. The van der Waals surface area contributed by atoms with Gasteiger partial charge in [0, 0.05) is 24.7 Å². The van der Waals surface area contributed by atoms with Gasteiger partial charge < -0.3 is 10.6 Å². The summed E-state index contributed by atoms with van der Waals surface area (Å²) >= 11 is 13.4. The number of hydrogen-bond donors (Lipinski definition) is 2. The maximum absolute atomic E-state index is 6.06. The second-order valence-corrected chi connectivity index (χ2v) is 7.55. The topological polar surface area (TPSA) is 24.1 Å². The molecule has 0 aliphatic heterocycles. The molecule has 0 saturated heterocycles. The van der Waals surface area contributed by atoms with Crippen LogP contribution in [-0.2, 0) is 6.54 Å². The zero-order chi connectivity index (χ0) is 13.1. The Bertz CT molecular complexity index is 358. The van der Waals surface area contributed by atoms with E-state index >= 15 is 0 Å². The highest BCUT2D eigenvalue weighted by Crippen LogP contribution is 2.30. The normalized spacial score (nSPS) is 14.0. The van der Waals surface area contributed by atoms with Gasteiger partial charge in [-0.05, 0) is 39.3 Å². The van der Waals surface area contributed by atoms with Crippen LogP contribution in [0.25, 0.3) is 0 Å². The van der Waals surface area contributed by atoms with E-state index in [2.05, 4.69) is 38.3 Å². The largest absolute Gasteiger partial charge is 0.311 e. The van der Waals surface area contributed by atoms with Crippen LogP contribution in [0.15, 0.2) is 6.07 Å². The third-order valence-electron chi connectivity index (χ3n) is 2.31. The van der Waals surface area contributed by atoms with Crippen molar-refractivity contribution in [2.75, 3.05) is 6.54 Å². The lowest BCUT2D eigenvalue weighted by molar-refractivity contribution is 0.387. The van der Waals surface area contributed by atoms with Crippen molar-refractivity contribution in [2.45, 2.75) is 45.8 Å². The summed E-state index contributed by atoms with van der Waals surface area (Å²) in [5.41, 5.74) is 1.23. The SMILES string of the molecule is CC(CNC(C)(C)C)NCc1cc(Cl)sc1Cl. The lowest BCUT2D eigenvalue weighted by atomic mass is 10.1. The summed E-state index contributed by atoms with van der Waals surface area (Å²) in [6.07, 6.45) is 0. The predicted octanol–water partition coefficient (Wildman–Crippen LogP) is 3.92. The molecule has 1 atom stereocenters. The molecule has 0 spiro atoms. The fourth-order valence-corrected chi connectivity index (χ4v) is 2.80. The summed E-state index contributed by atoms with van der Waals surface area (Å²) in [6.45, 7) is 10.3. The molecule has 5 heteroatoms. The maximum atomic E-state index is 6.06. The van der Waals surface area contributed by atoms with Gasteiger partial charge in [-0.15, -0.1) is 11.3 Å². The molecular weight excluding hydrogens is 275 g/mol. The first-order valence-corrected chi connectivity index (χ1v) is 7.27. The molecular formula is C12H20Cl2N2S. The number of hydrogen-bond acceptors (Lipinski definition) is 3. The van der Waals surface area contributed by atoms with E-state index in [4.69, 9.17) is 23.2 Å². The number of nitrogens with one attached hydrogen (secondary N) is 2. The van der Waals surface area contributed by atoms with E-state index in [1.807, 2.05) is 6.07 Å². The van der Waals surface area contributed by atoms with Crippen molar-refractivity contribution in [2.24, 2.45) is 0 Å². The van der Waals surface area contributed by atoms with Crippen molar-refractivity contribution in [3.63, 3.8) is 0 Å². The summed E-state index contributed by atoms with van der Waals surface area (Å²) in [6, 6.07) is 2.31. The molecule has 1 aromatic rings. The summed E-state index contributed by atoms with van der Waals surface area (Å²) in [4.78, 5) is 0. The number of rotatable bonds is 5. The summed E-state index contributed by atoms with van der Waals surface area (Å²) in [7, 11) is 0. The monoisotopic (exact) mass is 294 g/mol. The van der Waals surface area contributed by atoms with Gasteiger partial charge in [-0.3, -0.25) is 0 Å². The maximum Gasteiger partial charge on any atom is 0.0989 e. The number of halogens is 2. The minimum atomic E-state index is 0.152. The molecule has 98 valence electrons. The standard InChI is InChI=1S/C12H20Cl2N2S/c1-8(6-16-12(2,3)4)15-7-9-5-10(13)17-11(9)14/h5,8,15-16H,6-7H2,1-4H3. The first-order valence-electron chi connectivity index (χ1n) is 5.70. The van der Waals surface area contributed by atoms with Crippen molar-refractivity contribution in [1.82, 2.24) is 10.6 Å². The molecule has 1 aromatic heterocycles. The van der Waals surface area contributed by atoms with Crippen molar-refractivity contribution < 1.29 is 0 Å². The zero-order valence-electron chi connectivity index (χ0n) is 10.7. The molecule has 2 nitrogen and oxygen atoms in total. The Labute approximate surface area is 118 Å². The Kier molecular flexibility index (Phi) is 5.74. The van der Waals surface area contributed by atoms with Crippen LogP contribution in [0.3, 0.4) is 0 Å². The van der Waals surface area contributed by atoms with E-state index in [0.717, 1.165) is 27.3 Å². The molecule has 0 fully saturated rings. The fourth-order valence-electron chi connectivity index (χ4n) is 1.31. The highest BCUT2D eigenvalue weighted by Gasteiger charge is 2.11. The van der Waals surface area contributed by atoms with Crippen molar-refractivity contribution in [3.8, 4) is 0 Å². The molecule has 0 radical (unpaired) electrons. The third kappa shape index (κ3) is 6.07. The second-order valence-electron chi connectivity index (χ2n) is 5.26. The van der Waals surface area contributed by atoms with Gasteiger partial charge in [-0.1, -0.05) is 23.2 Å². The molecule has 17 heavy (non-hydrogen) atoms. The van der Waals surface area contributed by atoms with E-state index in [-0.39, 0.29) is 5.54 Å². The van der Waals surface area contributed by atoms with Crippen LogP contribution >= 0.6 is 34.5 Å². The van der Waals surface area contributed by atoms with Crippen LogP contribution in [0.4, 0.5) is 0 Å². The smallest absolute Gasteiger partial charge is 0.0989 e. The molecule has 0 amide bonds. The van der Waals surface area contributed by atoms with E-state index in [0.29, 0.717) is 6.04 Å². The van der Waals surface area contributed by atoms with E-state index < -0.39 is 0 Å². The van der Waals surface area contributed by atoms with Gasteiger partial charge >= 0.3 is 0 Å².